The van der Waals surface area contributed by atoms with Crippen molar-refractivity contribution in [3.63, 3.8) is 0 Å². The number of amides is 3. The maximum Gasteiger partial charge on any atom is 0.338 e. The zero-order valence-corrected chi connectivity index (χ0v) is 13.3. The Labute approximate surface area is 134 Å². The molecule has 1 aromatic carbocycles. The highest BCUT2D eigenvalue weighted by molar-refractivity contribution is 6.30. The van der Waals surface area contributed by atoms with E-state index in [9.17, 15) is 14.4 Å². The summed E-state index contributed by atoms with van der Waals surface area (Å²) >= 11 is 5.70. The summed E-state index contributed by atoms with van der Waals surface area (Å²) in [6, 6.07) is 5.46. The molecule has 120 valence electrons. The van der Waals surface area contributed by atoms with Gasteiger partial charge in [0.05, 0.1) is 5.56 Å². The van der Waals surface area contributed by atoms with Gasteiger partial charge >= 0.3 is 12.0 Å². The Kier molecular flexibility index (Phi) is 7.39. The molecule has 0 aliphatic rings. The van der Waals surface area contributed by atoms with Crippen LogP contribution in [0.1, 0.15) is 30.6 Å². The first-order chi connectivity index (χ1) is 10.4. The monoisotopic (exact) mass is 326 g/mol. The summed E-state index contributed by atoms with van der Waals surface area (Å²) in [5.74, 6) is -0.896. The molecule has 3 amide bonds. The fourth-order valence-electron chi connectivity index (χ4n) is 1.48. The highest BCUT2D eigenvalue weighted by Gasteiger charge is 2.12. The molecule has 6 nitrogen and oxygen atoms in total. The minimum absolute atomic E-state index is 0.276. The van der Waals surface area contributed by atoms with E-state index in [1.807, 2.05) is 13.8 Å². The number of benzene rings is 1. The van der Waals surface area contributed by atoms with Crippen molar-refractivity contribution in [2.45, 2.75) is 20.3 Å². The molecule has 0 atom stereocenters. The van der Waals surface area contributed by atoms with Crippen molar-refractivity contribution in [2.75, 3.05) is 13.2 Å². The number of carbonyl (C=O) groups excluding carboxylic acids is 3. The Hall–Kier alpha value is -2.08. The summed E-state index contributed by atoms with van der Waals surface area (Å²) in [4.78, 5) is 34.5. The molecule has 0 unspecified atom stereocenters. The molecule has 0 radical (unpaired) electrons. The predicted octanol–water partition coefficient (Wildman–Crippen LogP) is 2.37. The Bertz CT molecular complexity index is 529. The number of ether oxygens (including phenoxy) is 1. The Morgan fingerprint density at radius 3 is 2.41 bits per heavy atom. The van der Waals surface area contributed by atoms with Crippen LogP contribution in [0.5, 0.6) is 0 Å². The molecular weight excluding hydrogens is 308 g/mol. The minimum Gasteiger partial charge on any atom is -0.452 e. The van der Waals surface area contributed by atoms with E-state index in [4.69, 9.17) is 16.3 Å². The molecule has 0 aromatic heterocycles. The molecule has 2 N–H and O–H groups in total. The second kappa shape index (κ2) is 9.04. The van der Waals surface area contributed by atoms with Gasteiger partial charge in [0.15, 0.2) is 6.61 Å². The van der Waals surface area contributed by atoms with Crippen LogP contribution in [-0.2, 0) is 9.53 Å². The van der Waals surface area contributed by atoms with Crippen molar-refractivity contribution in [2.24, 2.45) is 5.92 Å². The van der Waals surface area contributed by atoms with E-state index < -0.39 is 24.5 Å². The lowest BCUT2D eigenvalue weighted by Crippen LogP contribution is -2.41. The number of rotatable bonds is 6. The Balaban J connectivity index is 2.29. The number of carbonyl (C=O) groups is 3. The van der Waals surface area contributed by atoms with Crippen molar-refractivity contribution in [1.82, 2.24) is 10.6 Å². The van der Waals surface area contributed by atoms with Gasteiger partial charge in [-0.2, -0.15) is 0 Å². The SMILES string of the molecule is CC(C)CCNC(=O)NC(=O)COC(=O)c1ccc(Cl)cc1. The summed E-state index contributed by atoms with van der Waals surface area (Å²) < 4.78 is 4.80. The first-order valence-electron chi connectivity index (χ1n) is 6.89. The number of hydrogen-bond acceptors (Lipinski definition) is 4. The van der Waals surface area contributed by atoms with Crippen LogP contribution in [0.4, 0.5) is 4.79 Å². The highest BCUT2D eigenvalue weighted by Crippen LogP contribution is 2.10. The van der Waals surface area contributed by atoms with Gasteiger partial charge in [0.2, 0.25) is 0 Å². The van der Waals surface area contributed by atoms with Crippen molar-refractivity contribution in [3.8, 4) is 0 Å². The van der Waals surface area contributed by atoms with Crippen LogP contribution in [0, 0.1) is 5.92 Å². The van der Waals surface area contributed by atoms with Crippen molar-refractivity contribution < 1.29 is 19.1 Å². The number of nitrogens with one attached hydrogen (secondary N) is 2. The van der Waals surface area contributed by atoms with Crippen LogP contribution >= 0.6 is 11.6 Å². The van der Waals surface area contributed by atoms with Gasteiger partial charge in [0.1, 0.15) is 0 Å². The van der Waals surface area contributed by atoms with Gasteiger partial charge < -0.3 is 10.1 Å². The molecule has 0 bridgehead atoms. The van der Waals surface area contributed by atoms with Crippen molar-refractivity contribution in [1.29, 1.82) is 0 Å². The van der Waals surface area contributed by atoms with Gasteiger partial charge in [0, 0.05) is 11.6 Å². The van der Waals surface area contributed by atoms with E-state index in [0.29, 0.717) is 17.5 Å². The maximum atomic E-state index is 11.6. The summed E-state index contributed by atoms with van der Waals surface area (Å²) in [6.45, 7) is 4.00. The molecule has 0 saturated carbocycles. The molecule has 0 spiro atoms. The van der Waals surface area contributed by atoms with Crippen LogP contribution in [0.15, 0.2) is 24.3 Å². The third-order valence-electron chi connectivity index (χ3n) is 2.67. The third-order valence-corrected chi connectivity index (χ3v) is 2.93. The van der Waals surface area contributed by atoms with Gasteiger partial charge in [0.25, 0.3) is 5.91 Å². The van der Waals surface area contributed by atoms with Crippen molar-refractivity contribution in [3.05, 3.63) is 34.9 Å². The van der Waals surface area contributed by atoms with E-state index >= 15 is 0 Å². The standard InChI is InChI=1S/C15H19ClN2O4/c1-10(2)7-8-17-15(21)18-13(19)9-22-14(20)11-3-5-12(16)6-4-11/h3-6,10H,7-9H2,1-2H3,(H2,17,18,19,21). The van der Waals surface area contributed by atoms with Gasteiger partial charge in [-0.25, -0.2) is 9.59 Å². The minimum atomic E-state index is -0.690. The van der Waals surface area contributed by atoms with Crippen LogP contribution < -0.4 is 10.6 Å². The predicted molar refractivity (Wildman–Crippen MR) is 82.7 cm³/mol. The molecule has 22 heavy (non-hydrogen) atoms. The zero-order chi connectivity index (χ0) is 16.5. The van der Waals surface area contributed by atoms with Crippen molar-refractivity contribution >= 4 is 29.5 Å². The van der Waals surface area contributed by atoms with E-state index in [-0.39, 0.29) is 5.56 Å². The number of urea groups is 1. The second-order valence-corrected chi connectivity index (χ2v) is 5.51. The summed E-state index contributed by atoms with van der Waals surface area (Å²) in [6.07, 6.45) is 0.813. The lowest BCUT2D eigenvalue weighted by atomic mass is 10.1. The number of halogens is 1. The first-order valence-corrected chi connectivity index (χ1v) is 7.26. The average molecular weight is 327 g/mol. The summed E-state index contributed by atoms with van der Waals surface area (Å²) in [5.41, 5.74) is 0.276. The second-order valence-electron chi connectivity index (χ2n) is 5.07. The fourth-order valence-corrected chi connectivity index (χ4v) is 1.61. The Morgan fingerprint density at radius 1 is 1.18 bits per heavy atom. The molecule has 0 heterocycles. The number of esters is 1. The average Bonchev–Trinajstić information content (AvgIpc) is 2.45. The topological polar surface area (TPSA) is 84.5 Å². The van der Waals surface area contributed by atoms with E-state index in [0.717, 1.165) is 6.42 Å². The largest absolute Gasteiger partial charge is 0.452 e. The number of hydrogen-bond donors (Lipinski definition) is 2. The van der Waals surface area contributed by atoms with E-state index in [1.165, 1.54) is 12.1 Å². The first kappa shape index (κ1) is 18.0. The number of imide groups is 1. The molecule has 0 saturated heterocycles. The maximum absolute atomic E-state index is 11.6. The van der Waals surface area contributed by atoms with Crippen LogP contribution in [0.2, 0.25) is 5.02 Å². The normalized spacial score (nSPS) is 10.2. The Morgan fingerprint density at radius 2 is 1.82 bits per heavy atom. The lowest BCUT2D eigenvalue weighted by Gasteiger charge is -2.08. The van der Waals surface area contributed by atoms with Crippen LogP contribution in [0.3, 0.4) is 0 Å². The van der Waals surface area contributed by atoms with Gasteiger partial charge in [-0.15, -0.1) is 0 Å². The van der Waals surface area contributed by atoms with Gasteiger partial charge in [-0.05, 0) is 36.6 Å². The van der Waals surface area contributed by atoms with Gasteiger partial charge in [-0.1, -0.05) is 25.4 Å². The van der Waals surface area contributed by atoms with Crippen LogP contribution in [-0.4, -0.2) is 31.1 Å². The molecule has 0 aliphatic heterocycles. The quantitative estimate of drug-likeness (QED) is 0.786. The molecular formula is C15H19ClN2O4. The molecule has 0 fully saturated rings. The van der Waals surface area contributed by atoms with Gasteiger partial charge in [-0.3, -0.25) is 10.1 Å². The third kappa shape index (κ3) is 7.08. The highest BCUT2D eigenvalue weighted by atomic mass is 35.5. The molecule has 1 aromatic rings. The van der Waals surface area contributed by atoms with E-state index in [1.54, 1.807) is 12.1 Å². The van der Waals surface area contributed by atoms with Crippen LogP contribution in [0.25, 0.3) is 0 Å². The smallest absolute Gasteiger partial charge is 0.338 e. The molecule has 0 aliphatic carbocycles. The lowest BCUT2D eigenvalue weighted by molar-refractivity contribution is -0.123. The van der Waals surface area contributed by atoms with E-state index in [2.05, 4.69) is 10.6 Å². The summed E-state index contributed by atoms with van der Waals surface area (Å²) in [5, 5.41) is 5.12. The fraction of sp³-hybridized carbons (Fsp3) is 0.400. The molecule has 1 rings (SSSR count). The summed E-state index contributed by atoms with van der Waals surface area (Å²) in [7, 11) is 0. The molecule has 7 heteroatoms. The zero-order valence-electron chi connectivity index (χ0n) is 12.5.